The van der Waals surface area contributed by atoms with Crippen LogP contribution in [0.5, 0.6) is 0 Å². The van der Waals surface area contributed by atoms with E-state index in [4.69, 9.17) is 4.74 Å². The number of ether oxygens (including phenoxy) is 1. The normalized spacial score (nSPS) is 52.0. The van der Waals surface area contributed by atoms with Gasteiger partial charge in [0.15, 0.2) is 0 Å². The second-order valence-electron chi connectivity index (χ2n) is 12.6. The summed E-state index contributed by atoms with van der Waals surface area (Å²) >= 11 is 0. The van der Waals surface area contributed by atoms with Crippen LogP contribution < -0.4 is 0 Å². The summed E-state index contributed by atoms with van der Waals surface area (Å²) in [6, 6.07) is 2.66. The average molecular weight is 429 g/mol. The predicted octanol–water partition coefficient (Wildman–Crippen LogP) is 3.80. The average Bonchev–Trinajstić information content (AvgIpc) is 3.02. The molecule has 31 heavy (non-hydrogen) atoms. The molecule has 5 rings (SSSR count). The van der Waals surface area contributed by atoms with Crippen molar-refractivity contribution in [2.24, 2.45) is 40.4 Å². The third kappa shape index (κ3) is 3.23. The highest BCUT2D eigenvalue weighted by Crippen LogP contribution is 2.66. The molecule has 1 N–H and O–H groups in total. The third-order valence-corrected chi connectivity index (χ3v) is 10.4. The number of nitrogens with zero attached hydrogens (tertiary/aromatic N) is 2. The van der Waals surface area contributed by atoms with Crippen molar-refractivity contribution in [3.8, 4) is 6.07 Å². The Labute approximate surface area is 187 Å². The van der Waals surface area contributed by atoms with Gasteiger partial charge in [-0.1, -0.05) is 13.8 Å². The predicted molar refractivity (Wildman–Crippen MR) is 118 cm³/mol. The number of aliphatic hydroxyl groups excluding tert-OH is 1. The van der Waals surface area contributed by atoms with Gasteiger partial charge in [-0.05, 0) is 81.0 Å². The lowest BCUT2D eigenvalue weighted by Crippen LogP contribution is -2.64. The van der Waals surface area contributed by atoms with Crippen molar-refractivity contribution < 1.29 is 14.6 Å². The van der Waals surface area contributed by atoms with Crippen LogP contribution in [-0.2, 0) is 9.53 Å². The first-order chi connectivity index (χ1) is 14.6. The first kappa shape index (κ1) is 21.9. The zero-order valence-electron chi connectivity index (χ0n) is 19.8. The van der Waals surface area contributed by atoms with Crippen LogP contribution in [0.4, 0.5) is 0 Å². The Kier molecular flexibility index (Phi) is 5.13. The monoisotopic (exact) mass is 428 g/mol. The molecule has 1 aliphatic heterocycles. The van der Waals surface area contributed by atoms with E-state index in [0.29, 0.717) is 36.6 Å². The fraction of sp³-hybridized carbons (Fsp3) is 0.923. The summed E-state index contributed by atoms with van der Waals surface area (Å²) in [5, 5.41) is 20.9. The molecular formula is C26H40N2O3. The van der Waals surface area contributed by atoms with E-state index in [9.17, 15) is 15.2 Å². The molecule has 1 heterocycles. The first-order valence-electron chi connectivity index (χ1n) is 12.6. The van der Waals surface area contributed by atoms with Gasteiger partial charge in [-0.2, -0.15) is 5.26 Å². The number of Topliss-reactive ketones (excluding diaryl/α,β-unsaturated/α-hetero) is 1. The van der Waals surface area contributed by atoms with Crippen LogP contribution in [0.3, 0.4) is 0 Å². The van der Waals surface area contributed by atoms with Gasteiger partial charge in [-0.15, -0.1) is 0 Å². The van der Waals surface area contributed by atoms with Crippen molar-refractivity contribution in [2.75, 3.05) is 19.7 Å². The summed E-state index contributed by atoms with van der Waals surface area (Å²) in [5.41, 5.74) is -0.361. The molecule has 5 nitrogen and oxygen atoms in total. The Balaban J connectivity index is 1.44. The van der Waals surface area contributed by atoms with Crippen LogP contribution in [0, 0.1) is 51.8 Å². The summed E-state index contributed by atoms with van der Waals surface area (Å²) in [4.78, 5) is 16.2. The van der Waals surface area contributed by atoms with Crippen molar-refractivity contribution in [1.82, 2.24) is 4.90 Å². The SMILES string of the molecule is CC1(C)CN(C2C[C@@]3(C)C(CC[C@@H]4[C@H]3C(=O)C[C@]3(C)C(C#N)CC[C@@H]43)CC2O)CCO1. The van der Waals surface area contributed by atoms with E-state index < -0.39 is 0 Å². The Hall–Kier alpha value is -0.960. The Morgan fingerprint density at radius 1 is 1.13 bits per heavy atom. The van der Waals surface area contributed by atoms with E-state index in [1.807, 2.05) is 0 Å². The van der Waals surface area contributed by atoms with E-state index in [-0.39, 0.29) is 40.4 Å². The molecule has 0 aromatic carbocycles. The highest BCUT2D eigenvalue weighted by atomic mass is 16.5. The second kappa shape index (κ2) is 7.27. The fourth-order valence-electron chi connectivity index (χ4n) is 9.02. The van der Waals surface area contributed by atoms with Gasteiger partial charge >= 0.3 is 0 Å². The van der Waals surface area contributed by atoms with Gasteiger partial charge in [0, 0.05) is 31.5 Å². The standard InChI is InChI=1S/C26H40N2O3/c1-24(2)15-28(9-10-31-24)20-12-26(4)16(11-21(20)29)5-7-18-19-8-6-17(14-27)25(19,3)13-22(30)23(18)26/h16-21,23,29H,5-13,15H2,1-4H3/t16?,17?,18-,19-,20?,21?,23-,25+,26-/m0/s1. The summed E-state index contributed by atoms with van der Waals surface area (Å²) in [7, 11) is 0. The molecule has 4 saturated carbocycles. The van der Waals surface area contributed by atoms with Gasteiger partial charge in [-0.3, -0.25) is 9.69 Å². The molecule has 0 aromatic heterocycles. The molecular weight excluding hydrogens is 388 g/mol. The maximum Gasteiger partial charge on any atom is 0.137 e. The van der Waals surface area contributed by atoms with Crippen LogP contribution in [0.25, 0.3) is 0 Å². The largest absolute Gasteiger partial charge is 0.391 e. The molecule has 4 unspecified atom stereocenters. The highest BCUT2D eigenvalue weighted by Gasteiger charge is 2.64. The molecule has 0 radical (unpaired) electrons. The lowest BCUT2D eigenvalue weighted by molar-refractivity contribution is -0.176. The number of ketones is 1. The lowest BCUT2D eigenvalue weighted by Gasteiger charge is -2.61. The first-order valence-corrected chi connectivity index (χ1v) is 12.6. The molecule has 172 valence electrons. The molecule has 0 aromatic rings. The molecule has 0 amide bonds. The highest BCUT2D eigenvalue weighted by molar-refractivity contribution is 5.84. The van der Waals surface area contributed by atoms with Crippen LogP contribution >= 0.6 is 0 Å². The Morgan fingerprint density at radius 3 is 2.61 bits per heavy atom. The number of carbonyl (C=O) groups excluding carboxylic acids is 1. The number of fused-ring (bicyclic) bond motifs is 5. The van der Waals surface area contributed by atoms with Crippen molar-refractivity contribution in [2.45, 2.75) is 90.4 Å². The zero-order valence-corrected chi connectivity index (χ0v) is 19.8. The minimum absolute atomic E-state index is 0.0319. The smallest absolute Gasteiger partial charge is 0.137 e. The molecule has 5 aliphatic rings. The molecule has 4 aliphatic carbocycles. The number of hydrogen-bond donors (Lipinski definition) is 1. The fourth-order valence-corrected chi connectivity index (χ4v) is 9.02. The molecule has 5 fully saturated rings. The number of nitriles is 1. The Morgan fingerprint density at radius 2 is 1.90 bits per heavy atom. The van der Waals surface area contributed by atoms with Gasteiger partial charge in [0.05, 0.1) is 30.3 Å². The minimum atomic E-state index is -0.318. The maximum absolute atomic E-state index is 13.8. The lowest BCUT2D eigenvalue weighted by atomic mass is 9.44. The topological polar surface area (TPSA) is 73.6 Å². The van der Waals surface area contributed by atoms with Gasteiger partial charge in [0.1, 0.15) is 5.78 Å². The molecule has 9 atom stereocenters. The van der Waals surface area contributed by atoms with Crippen molar-refractivity contribution in [3.63, 3.8) is 0 Å². The molecule has 5 heteroatoms. The van der Waals surface area contributed by atoms with E-state index in [0.717, 1.165) is 51.6 Å². The minimum Gasteiger partial charge on any atom is -0.391 e. The maximum atomic E-state index is 13.8. The molecule has 0 spiro atoms. The number of morpholine rings is 1. The number of aliphatic hydroxyl groups is 1. The van der Waals surface area contributed by atoms with Crippen LogP contribution in [0.15, 0.2) is 0 Å². The summed E-state index contributed by atoms with van der Waals surface area (Å²) in [6.07, 6.45) is 6.26. The van der Waals surface area contributed by atoms with E-state index in [1.54, 1.807) is 0 Å². The number of hydrogen-bond acceptors (Lipinski definition) is 5. The van der Waals surface area contributed by atoms with Gasteiger partial charge in [-0.25, -0.2) is 0 Å². The Bertz CT molecular complexity index is 790. The summed E-state index contributed by atoms with van der Waals surface area (Å²) in [5.74, 6) is 1.90. The van der Waals surface area contributed by atoms with E-state index in [1.165, 1.54) is 0 Å². The zero-order chi connectivity index (χ0) is 22.2. The van der Waals surface area contributed by atoms with Crippen LogP contribution in [-0.4, -0.2) is 53.2 Å². The summed E-state index contributed by atoms with van der Waals surface area (Å²) < 4.78 is 5.93. The van der Waals surface area contributed by atoms with Crippen LogP contribution in [0.2, 0.25) is 0 Å². The van der Waals surface area contributed by atoms with Crippen molar-refractivity contribution in [1.29, 1.82) is 5.26 Å². The van der Waals surface area contributed by atoms with Gasteiger partial charge in [0.2, 0.25) is 0 Å². The van der Waals surface area contributed by atoms with Crippen molar-refractivity contribution >= 4 is 5.78 Å². The molecule has 1 saturated heterocycles. The number of rotatable bonds is 1. The van der Waals surface area contributed by atoms with Crippen LogP contribution in [0.1, 0.15) is 72.6 Å². The third-order valence-electron chi connectivity index (χ3n) is 10.4. The quantitative estimate of drug-likeness (QED) is 0.688. The van der Waals surface area contributed by atoms with Gasteiger partial charge < -0.3 is 9.84 Å². The van der Waals surface area contributed by atoms with E-state index >= 15 is 0 Å². The molecule has 0 bridgehead atoms. The van der Waals surface area contributed by atoms with E-state index in [2.05, 4.69) is 38.7 Å². The summed E-state index contributed by atoms with van der Waals surface area (Å²) in [6.45, 7) is 11.3. The second-order valence-corrected chi connectivity index (χ2v) is 12.6. The van der Waals surface area contributed by atoms with Crippen molar-refractivity contribution in [3.05, 3.63) is 0 Å². The number of carbonyl (C=O) groups is 1. The van der Waals surface area contributed by atoms with Gasteiger partial charge in [0.25, 0.3) is 0 Å².